The highest BCUT2D eigenvalue weighted by atomic mass is 32.2. The van der Waals surface area contributed by atoms with Gasteiger partial charge in [-0.1, -0.05) is 42.5 Å². The Bertz CT molecular complexity index is 1210. The predicted octanol–water partition coefficient (Wildman–Crippen LogP) is 4.71. The van der Waals surface area contributed by atoms with E-state index in [1.54, 1.807) is 26.8 Å². The molecule has 2 atom stereocenters. The molecule has 2 aromatic rings. The van der Waals surface area contributed by atoms with Crippen molar-refractivity contribution in [2.24, 2.45) is 0 Å². The Morgan fingerprint density at radius 3 is 2.42 bits per heavy atom. The molecule has 0 unspecified atom stereocenters. The number of sulfonamides is 1. The minimum atomic E-state index is -4.16. The quantitative estimate of drug-likeness (QED) is 0.220. The van der Waals surface area contributed by atoms with Crippen LogP contribution in [0.1, 0.15) is 39.2 Å². The number of allylic oxidation sites excluding steroid dienone is 1. The number of unbranched alkanes of at least 4 members (excludes halogenated alkanes) is 1. The van der Waals surface area contributed by atoms with Gasteiger partial charge in [-0.05, 0) is 57.7 Å². The van der Waals surface area contributed by atoms with Crippen LogP contribution >= 0.6 is 0 Å². The summed E-state index contributed by atoms with van der Waals surface area (Å²) >= 11 is 0. The lowest BCUT2D eigenvalue weighted by atomic mass is 10.0. The van der Waals surface area contributed by atoms with Crippen LogP contribution < -0.4 is 14.8 Å². The van der Waals surface area contributed by atoms with E-state index in [4.69, 9.17) is 14.2 Å². The maximum absolute atomic E-state index is 13.9. The van der Waals surface area contributed by atoms with Crippen LogP contribution in [0.15, 0.2) is 78.7 Å². The normalized spacial score (nSPS) is 13.2. The Morgan fingerprint density at radius 2 is 1.82 bits per heavy atom. The van der Waals surface area contributed by atoms with Crippen molar-refractivity contribution in [2.45, 2.75) is 62.7 Å². The maximum atomic E-state index is 13.9. The lowest BCUT2D eigenvalue weighted by molar-refractivity contribution is 0.0405. The molecule has 0 bridgehead atoms. The van der Waals surface area contributed by atoms with Crippen LogP contribution in [0.25, 0.3) is 0 Å². The molecule has 0 aliphatic rings. The van der Waals surface area contributed by atoms with Gasteiger partial charge in [0.05, 0.1) is 25.9 Å². The summed E-state index contributed by atoms with van der Waals surface area (Å²) in [6.07, 6.45) is 2.83. The summed E-state index contributed by atoms with van der Waals surface area (Å²) in [7, 11) is -2.68. The molecule has 9 nitrogen and oxygen atoms in total. The number of rotatable bonds is 16. The van der Waals surface area contributed by atoms with Crippen LogP contribution in [0.3, 0.4) is 0 Å². The highest BCUT2D eigenvalue weighted by molar-refractivity contribution is 7.89. The lowest BCUT2D eigenvalue weighted by Gasteiger charge is -2.30. The number of benzene rings is 2. The second-order valence-electron chi connectivity index (χ2n) is 10.2. The van der Waals surface area contributed by atoms with Crippen LogP contribution in [0, 0.1) is 0 Å². The number of hydrogen-bond acceptors (Lipinski definition) is 7. The van der Waals surface area contributed by atoms with Gasteiger partial charge in [-0.3, -0.25) is 0 Å². The summed E-state index contributed by atoms with van der Waals surface area (Å²) in [5.41, 5.74) is 0.104. The number of nitrogens with one attached hydrogen (secondary N) is 1. The number of carbonyl (C=O) groups is 1. The third-order valence-corrected chi connectivity index (χ3v) is 7.64. The van der Waals surface area contributed by atoms with Gasteiger partial charge in [0.1, 0.15) is 22.0 Å². The Hall–Kier alpha value is -3.34. The summed E-state index contributed by atoms with van der Waals surface area (Å²) in [5, 5.41) is 14.0. The zero-order valence-electron chi connectivity index (χ0n) is 23.8. The molecule has 0 aromatic heterocycles. The third-order valence-electron chi connectivity index (χ3n) is 5.77. The van der Waals surface area contributed by atoms with Crippen molar-refractivity contribution in [1.82, 2.24) is 9.62 Å². The summed E-state index contributed by atoms with van der Waals surface area (Å²) in [6.45, 7) is 12.5. The smallest absolute Gasteiger partial charge is 0.407 e. The monoisotopic (exact) mass is 574 g/mol. The largest absolute Gasteiger partial charge is 0.497 e. The molecule has 10 heteroatoms. The van der Waals surface area contributed by atoms with E-state index in [2.05, 4.69) is 18.5 Å². The number of methoxy groups -OCH3 is 1. The molecule has 0 spiro atoms. The van der Waals surface area contributed by atoms with Gasteiger partial charge in [-0.15, -0.1) is 13.2 Å². The van der Waals surface area contributed by atoms with Crippen molar-refractivity contribution >= 4 is 16.1 Å². The van der Waals surface area contributed by atoms with Crippen LogP contribution in [0.4, 0.5) is 4.79 Å². The predicted molar refractivity (Wildman–Crippen MR) is 156 cm³/mol. The Kier molecular flexibility index (Phi) is 12.7. The lowest BCUT2D eigenvalue weighted by Crippen LogP contribution is -2.51. The number of nitrogens with zero attached hydrogens (tertiary/aromatic N) is 1. The molecule has 40 heavy (non-hydrogen) atoms. The van der Waals surface area contributed by atoms with E-state index < -0.39 is 33.9 Å². The first-order chi connectivity index (χ1) is 18.9. The fraction of sp³-hybridized carbons (Fsp3) is 0.433. The molecule has 2 N–H and O–H groups in total. The first-order valence-electron chi connectivity index (χ1n) is 13.2. The second-order valence-corrected chi connectivity index (χ2v) is 12.1. The van der Waals surface area contributed by atoms with Crippen molar-refractivity contribution in [3.8, 4) is 11.5 Å². The average molecular weight is 575 g/mol. The van der Waals surface area contributed by atoms with Crippen molar-refractivity contribution in [3.05, 3.63) is 79.4 Å². The molecule has 0 saturated carbocycles. The second kappa shape index (κ2) is 15.4. The Labute approximate surface area is 238 Å². The number of amides is 1. The first kappa shape index (κ1) is 32.9. The fourth-order valence-electron chi connectivity index (χ4n) is 3.85. The van der Waals surface area contributed by atoms with Crippen LogP contribution in [-0.2, 0) is 21.2 Å². The summed E-state index contributed by atoms with van der Waals surface area (Å²) in [4.78, 5) is 12.5. The van der Waals surface area contributed by atoms with Gasteiger partial charge in [-0.25, -0.2) is 13.2 Å². The number of carbonyl (C=O) groups excluding carboxylic acids is 1. The van der Waals surface area contributed by atoms with Gasteiger partial charge in [0.15, 0.2) is 0 Å². The number of ether oxygens (including phenoxy) is 3. The minimum absolute atomic E-state index is 0.0688. The Morgan fingerprint density at radius 1 is 1.12 bits per heavy atom. The summed E-state index contributed by atoms with van der Waals surface area (Å²) < 4.78 is 45.4. The molecule has 2 rings (SSSR count). The van der Waals surface area contributed by atoms with Crippen molar-refractivity contribution in [3.63, 3.8) is 0 Å². The molecular formula is C30H42N2O7S. The van der Waals surface area contributed by atoms with E-state index in [-0.39, 0.29) is 36.8 Å². The molecule has 1 amide bonds. The zero-order valence-corrected chi connectivity index (χ0v) is 24.7. The van der Waals surface area contributed by atoms with Crippen LogP contribution in [-0.4, -0.2) is 68.5 Å². The molecule has 2 aromatic carbocycles. The molecule has 0 radical (unpaired) electrons. The van der Waals surface area contributed by atoms with E-state index in [0.717, 1.165) is 9.87 Å². The van der Waals surface area contributed by atoms with Gasteiger partial charge in [0, 0.05) is 19.2 Å². The first-order valence-corrected chi connectivity index (χ1v) is 14.6. The molecule has 0 aliphatic heterocycles. The maximum Gasteiger partial charge on any atom is 0.407 e. The summed E-state index contributed by atoms with van der Waals surface area (Å²) in [5.74, 6) is 0.581. The third kappa shape index (κ3) is 10.3. The van der Waals surface area contributed by atoms with Gasteiger partial charge < -0.3 is 24.6 Å². The number of alkyl carbamates (subject to hydrolysis) is 1. The van der Waals surface area contributed by atoms with E-state index in [1.807, 2.05) is 30.3 Å². The zero-order chi connectivity index (χ0) is 29.8. The number of aliphatic hydroxyl groups excluding tert-OH is 1. The van der Waals surface area contributed by atoms with Gasteiger partial charge in [-0.2, -0.15) is 4.31 Å². The molecule has 220 valence electrons. The summed E-state index contributed by atoms with van der Waals surface area (Å²) in [6, 6.07) is 12.9. The van der Waals surface area contributed by atoms with Gasteiger partial charge >= 0.3 is 6.09 Å². The average Bonchev–Trinajstić information content (AvgIpc) is 2.89. The SMILES string of the molecule is C=CCCCOc1cc(OC)ccc1S(=O)(=O)N(CC=C)C[C@@H](O)[C@H](Cc1ccccc1)NC(=O)OC(C)(C)C. The van der Waals surface area contributed by atoms with Crippen LogP contribution in [0.2, 0.25) is 0 Å². The van der Waals surface area contributed by atoms with Crippen molar-refractivity contribution in [1.29, 1.82) is 0 Å². The molecule has 0 aliphatic carbocycles. The van der Waals surface area contributed by atoms with Crippen molar-refractivity contribution < 1.29 is 32.5 Å². The Balaban J connectivity index is 2.37. The van der Waals surface area contributed by atoms with Gasteiger partial charge in [0.2, 0.25) is 10.0 Å². The highest BCUT2D eigenvalue weighted by Gasteiger charge is 2.33. The van der Waals surface area contributed by atoms with E-state index in [1.165, 1.54) is 31.4 Å². The van der Waals surface area contributed by atoms with E-state index >= 15 is 0 Å². The fourth-order valence-corrected chi connectivity index (χ4v) is 5.39. The highest BCUT2D eigenvalue weighted by Crippen LogP contribution is 2.31. The van der Waals surface area contributed by atoms with Gasteiger partial charge in [0.25, 0.3) is 0 Å². The molecule has 0 saturated heterocycles. The number of aliphatic hydroxyl groups is 1. The minimum Gasteiger partial charge on any atom is -0.497 e. The van der Waals surface area contributed by atoms with E-state index in [0.29, 0.717) is 18.6 Å². The van der Waals surface area contributed by atoms with E-state index in [9.17, 15) is 18.3 Å². The topological polar surface area (TPSA) is 114 Å². The molecular weight excluding hydrogens is 532 g/mol. The molecule has 0 fully saturated rings. The van der Waals surface area contributed by atoms with Crippen molar-refractivity contribution in [2.75, 3.05) is 26.8 Å². The number of hydrogen-bond donors (Lipinski definition) is 2. The van der Waals surface area contributed by atoms with Crippen LogP contribution in [0.5, 0.6) is 11.5 Å². The molecule has 0 heterocycles. The standard InChI is InChI=1S/C30H42N2O7S/c1-7-9-13-19-38-27-21-24(37-6)16-17-28(27)40(35,36)32(18-8-2)22-26(33)25(20-23-14-11-10-12-15-23)31-29(34)39-30(3,4)5/h7-8,10-12,14-17,21,25-26,33H,1-2,9,13,18-20,22H2,3-6H3,(H,31,34)/t25-,26+/m0/s1.